The quantitative estimate of drug-likeness (QED) is 0.597. The average molecular weight is 186 g/mol. The Bertz CT molecular complexity index is 543. The number of anilines is 1. The Morgan fingerprint density at radius 1 is 1.43 bits per heavy atom. The number of aliphatic imine (C=N–C) groups is 1. The van der Waals surface area contributed by atoms with Crippen LogP contribution in [0.25, 0.3) is 12.2 Å². The molecule has 0 amide bonds. The minimum absolute atomic E-state index is 0.385. The first-order valence-electron chi connectivity index (χ1n) is 4.65. The normalized spacial score (nSPS) is 16.3. The van der Waals surface area contributed by atoms with E-state index < -0.39 is 0 Å². The van der Waals surface area contributed by atoms with Gasteiger partial charge in [0.2, 0.25) is 0 Å². The van der Waals surface area contributed by atoms with Gasteiger partial charge in [-0.05, 0) is 17.4 Å². The van der Waals surface area contributed by atoms with Crippen molar-refractivity contribution in [3.05, 3.63) is 22.1 Å². The topological polar surface area (TPSA) is 44.6 Å². The van der Waals surface area contributed by atoms with Gasteiger partial charge < -0.3 is 10.4 Å². The van der Waals surface area contributed by atoms with Crippen molar-refractivity contribution in [1.29, 1.82) is 0 Å². The van der Waals surface area contributed by atoms with Crippen molar-refractivity contribution in [2.75, 3.05) is 11.9 Å². The largest absolute Gasteiger partial charge is 0.507 e. The number of aromatic hydroxyl groups is 1. The van der Waals surface area contributed by atoms with Crippen LogP contribution in [0, 0.1) is 0 Å². The minimum atomic E-state index is 0.385. The maximum atomic E-state index is 9.99. The lowest BCUT2D eigenvalue weighted by molar-refractivity contribution is 0.464. The molecule has 0 aliphatic carbocycles. The van der Waals surface area contributed by atoms with Gasteiger partial charge in [-0.2, -0.15) is 0 Å². The predicted molar refractivity (Wildman–Crippen MR) is 57.0 cm³/mol. The molecule has 0 atom stereocenters. The molecule has 0 unspecified atom stereocenters. The Morgan fingerprint density at radius 3 is 3.29 bits per heavy atom. The molecule has 0 saturated heterocycles. The average Bonchev–Trinajstić information content (AvgIpc) is 2.66. The number of hydrogen-bond acceptors (Lipinski definition) is 3. The van der Waals surface area contributed by atoms with Crippen molar-refractivity contribution in [1.82, 2.24) is 0 Å². The lowest BCUT2D eigenvalue weighted by atomic mass is 10.1. The lowest BCUT2D eigenvalue weighted by Gasteiger charge is -2.08. The summed E-state index contributed by atoms with van der Waals surface area (Å²) in [5.74, 6) is 0.385. The third-order valence-corrected chi connectivity index (χ3v) is 2.69. The van der Waals surface area contributed by atoms with Crippen molar-refractivity contribution < 1.29 is 5.11 Å². The van der Waals surface area contributed by atoms with Gasteiger partial charge in [-0.25, -0.2) is 0 Å². The third-order valence-electron chi connectivity index (χ3n) is 2.69. The molecule has 0 radical (unpaired) electrons. The van der Waals surface area contributed by atoms with Gasteiger partial charge >= 0.3 is 0 Å². The molecule has 0 aromatic heterocycles. The zero-order chi connectivity index (χ0) is 9.54. The molecule has 0 spiro atoms. The lowest BCUT2D eigenvalue weighted by Crippen LogP contribution is -2.19. The van der Waals surface area contributed by atoms with Crippen LogP contribution in [0.1, 0.15) is 5.56 Å². The van der Waals surface area contributed by atoms with Crippen molar-refractivity contribution >= 4 is 24.1 Å². The molecule has 3 heteroatoms. The highest BCUT2D eigenvalue weighted by molar-refractivity contribution is 5.92. The molecule has 2 heterocycles. The molecule has 70 valence electrons. The van der Waals surface area contributed by atoms with Crippen LogP contribution >= 0.6 is 0 Å². The van der Waals surface area contributed by atoms with Crippen LogP contribution in [-0.2, 0) is 6.54 Å². The molecule has 0 saturated carbocycles. The van der Waals surface area contributed by atoms with Crippen LogP contribution in [0.15, 0.2) is 11.1 Å². The van der Waals surface area contributed by atoms with Crippen molar-refractivity contribution in [3.63, 3.8) is 0 Å². The van der Waals surface area contributed by atoms with E-state index in [-0.39, 0.29) is 0 Å². The van der Waals surface area contributed by atoms with E-state index in [1.165, 1.54) is 0 Å². The maximum absolute atomic E-state index is 9.99. The minimum Gasteiger partial charge on any atom is -0.507 e. The molecular formula is C11H10N2O. The van der Waals surface area contributed by atoms with Crippen LogP contribution in [0.2, 0.25) is 0 Å². The smallest absolute Gasteiger partial charge is 0.130 e. The summed E-state index contributed by atoms with van der Waals surface area (Å²) in [6.45, 7) is 1.38. The molecule has 14 heavy (non-hydrogen) atoms. The van der Waals surface area contributed by atoms with E-state index in [1.54, 1.807) is 6.21 Å². The van der Waals surface area contributed by atoms with Gasteiger partial charge in [0.25, 0.3) is 0 Å². The number of fused-ring (bicyclic) bond motifs is 2. The molecule has 3 rings (SSSR count). The molecule has 0 fully saturated rings. The molecule has 2 N–H and O–H groups in total. The fourth-order valence-electron chi connectivity index (χ4n) is 1.96. The van der Waals surface area contributed by atoms with Gasteiger partial charge in [0.1, 0.15) is 5.75 Å². The molecule has 2 aliphatic heterocycles. The number of benzene rings is 1. The van der Waals surface area contributed by atoms with E-state index in [4.69, 9.17) is 0 Å². The van der Waals surface area contributed by atoms with Crippen LogP contribution in [0.3, 0.4) is 0 Å². The zero-order valence-electron chi connectivity index (χ0n) is 7.62. The Kier molecular flexibility index (Phi) is 1.42. The van der Waals surface area contributed by atoms with Gasteiger partial charge in [0.15, 0.2) is 0 Å². The Morgan fingerprint density at radius 2 is 2.36 bits per heavy atom. The highest BCUT2D eigenvalue weighted by atomic mass is 16.3. The number of hydrogen-bond donors (Lipinski definition) is 2. The molecule has 3 nitrogen and oxygen atoms in total. The fraction of sp³-hybridized carbons (Fsp3) is 0.182. The summed E-state index contributed by atoms with van der Waals surface area (Å²) < 4.78 is 0. The second-order valence-corrected chi connectivity index (χ2v) is 3.50. The number of rotatable bonds is 0. The Labute approximate surface area is 81.1 Å². The summed E-state index contributed by atoms with van der Waals surface area (Å²) in [4.78, 5) is 4.13. The summed E-state index contributed by atoms with van der Waals surface area (Å²) in [7, 11) is 0. The molecular weight excluding hydrogens is 176 g/mol. The third kappa shape index (κ3) is 0.894. The van der Waals surface area contributed by atoms with E-state index in [1.807, 2.05) is 12.2 Å². The second-order valence-electron chi connectivity index (χ2n) is 3.50. The van der Waals surface area contributed by atoms with Crippen LogP contribution < -0.4 is 15.8 Å². The number of phenolic OH excluding ortho intramolecular Hbond substituents is 1. The van der Waals surface area contributed by atoms with Gasteiger partial charge in [-0.15, -0.1) is 0 Å². The summed E-state index contributed by atoms with van der Waals surface area (Å²) in [5.41, 5.74) is 1.96. The van der Waals surface area contributed by atoms with Crippen LogP contribution in [-0.4, -0.2) is 17.9 Å². The monoisotopic (exact) mass is 186 g/mol. The van der Waals surface area contributed by atoms with E-state index in [0.717, 1.165) is 28.2 Å². The molecule has 2 aliphatic rings. The van der Waals surface area contributed by atoms with Gasteiger partial charge in [-0.3, -0.25) is 4.99 Å². The van der Waals surface area contributed by atoms with E-state index in [0.29, 0.717) is 12.3 Å². The van der Waals surface area contributed by atoms with Gasteiger partial charge in [0.05, 0.1) is 6.54 Å². The molecule has 1 aromatic rings. The first-order chi connectivity index (χ1) is 6.86. The summed E-state index contributed by atoms with van der Waals surface area (Å²) in [6, 6.07) is 2.07. The van der Waals surface area contributed by atoms with Crippen molar-refractivity contribution in [3.8, 4) is 5.75 Å². The highest BCUT2D eigenvalue weighted by Gasteiger charge is 2.12. The Hall–Kier alpha value is -1.77. The number of nitrogens with one attached hydrogen (secondary N) is 1. The molecule has 0 bridgehead atoms. The van der Waals surface area contributed by atoms with E-state index in [9.17, 15) is 5.11 Å². The SMILES string of the molecule is Oc1c2c(cc3c1=CCN3)=CC=NC2. The first-order valence-corrected chi connectivity index (χ1v) is 4.65. The van der Waals surface area contributed by atoms with Gasteiger partial charge in [-0.1, -0.05) is 6.08 Å². The summed E-state index contributed by atoms with van der Waals surface area (Å²) in [6.07, 6.45) is 5.72. The van der Waals surface area contributed by atoms with Crippen LogP contribution in [0.4, 0.5) is 5.69 Å². The van der Waals surface area contributed by atoms with Crippen molar-refractivity contribution in [2.45, 2.75) is 6.54 Å². The highest BCUT2D eigenvalue weighted by Crippen LogP contribution is 2.15. The number of nitrogens with zero attached hydrogens (tertiary/aromatic N) is 1. The predicted octanol–water partition coefficient (Wildman–Crippen LogP) is -0.0369. The van der Waals surface area contributed by atoms with Gasteiger partial charge in [0, 0.05) is 29.2 Å². The maximum Gasteiger partial charge on any atom is 0.130 e. The Balaban J connectivity index is 2.44. The first kappa shape index (κ1) is 7.62. The zero-order valence-corrected chi connectivity index (χ0v) is 7.62. The number of phenols is 1. The fourth-order valence-corrected chi connectivity index (χ4v) is 1.96. The standard InChI is InChI=1S/C11H10N2O/c14-11-8-2-4-13-10(8)5-7-1-3-12-6-9(7)11/h1-3,5,13-14H,4,6H2. The van der Waals surface area contributed by atoms with Crippen LogP contribution in [0.5, 0.6) is 5.75 Å². The van der Waals surface area contributed by atoms with E-state index >= 15 is 0 Å². The summed E-state index contributed by atoms with van der Waals surface area (Å²) >= 11 is 0. The molecule has 1 aromatic carbocycles. The second kappa shape index (κ2) is 2.61. The van der Waals surface area contributed by atoms with E-state index in [2.05, 4.69) is 16.4 Å². The van der Waals surface area contributed by atoms with Crippen molar-refractivity contribution in [2.24, 2.45) is 4.99 Å². The summed E-state index contributed by atoms with van der Waals surface area (Å²) in [5, 5.41) is 15.2.